The highest BCUT2D eigenvalue weighted by Gasteiger charge is 2.19. The maximum Gasteiger partial charge on any atom is 0.115 e. The molecule has 0 bridgehead atoms. The Kier molecular flexibility index (Phi) is 4.59. The van der Waals surface area contributed by atoms with Gasteiger partial charge in [0.25, 0.3) is 0 Å². The van der Waals surface area contributed by atoms with E-state index in [9.17, 15) is 4.39 Å². The van der Waals surface area contributed by atoms with E-state index in [1.165, 1.54) is 25.7 Å². The zero-order chi connectivity index (χ0) is 8.81. The van der Waals surface area contributed by atoms with Gasteiger partial charge in [0.2, 0.25) is 0 Å². The van der Waals surface area contributed by atoms with E-state index in [1.54, 1.807) is 0 Å². The normalized spacial score (nSPS) is 33.5. The quantitative estimate of drug-likeness (QED) is 0.643. The van der Waals surface area contributed by atoms with Gasteiger partial charge in [-0.25, -0.2) is 4.39 Å². The molecule has 1 saturated carbocycles. The summed E-state index contributed by atoms with van der Waals surface area (Å²) in [4.78, 5) is 0. The molecule has 72 valence electrons. The van der Waals surface area contributed by atoms with Gasteiger partial charge in [-0.3, -0.25) is 0 Å². The summed E-state index contributed by atoms with van der Waals surface area (Å²) in [6.07, 6.45) is 7.20. The first-order valence-corrected chi connectivity index (χ1v) is 5.16. The molecule has 0 spiro atoms. The molecular formula is C10H20FN. The van der Waals surface area contributed by atoms with Crippen molar-refractivity contribution in [2.75, 3.05) is 7.05 Å². The lowest BCUT2D eigenvalue weighted by Gasteiger charge is -2.19. The van der Waals surface area contributed by atoms with Gasteiger partial charge >= 0.3 is 0 Å². The molecule has 0 aliphatic heterocycles. The zero-order valence-electron chi connectivity index (χ0n) is 7.98. The number of hydrogen-bond acceptors (Lipinski definition) is 1. The lowest BCUT2D eigenvalue weighted by molar-refractivity contribution is 0.231. The van der Waals surface area contributed by atoms with Crippen molar-refractivity contribution in [2.45, 2.75) is 57.2 Å². The average molecular weight is 173 g/mol. The molecule has 1 N–H and O–H groups in total. The molecule has 0 aromatic rings. The molecule has 1 rings (SSSR count). The fraction of sp³-hybridized carbons (Fsp3) is 1.00. The summed E-state index contributed by atoms with van der Waals surface area (Å²) in [7, 11) is 1.87. The Morgan fingerprint density at radius 1 is 1.00 bits per heavy atom. The van der Waals surface area contributed by atoms with Crippen molar-refractivity contribution in [1.82, 2.24) is 5.32 Å². The van der Waals surface area contributed by atoms with Crippen LogP contribution in [0.25, 0.3) is 0 Å². The van der Waals surface area contributed by atoms with Crippen LogP contribution in [0.15, 0.2) is 0 Å². The minimum Gasteiger partial charge on any atom is -0.314 e. The van der Waals surface area contributed by atoms with Crippen LogP contribution in [0.3, 0.4) is 0 Å². The van der Waals surface area contributed by atoms with Crippen LogP contribution in [0.2, 0.25) is 0 Å². The van der Waals surface area contributed by atoms with Crippen molar-refractivity contribution in [3.05, 3.63) is 0 Å². The first-order chi connectivity index (χ1) is 5.84. The molecule has 1 aliphatic carbocycles. The van der Waals surface area contributed by atoms with E-state index in [-0.39, 0.29) is 6.04 Å². The zero-order valence-corrected chi connectivity index (χ0v) is 7.98. The summed E-state index contributed by atoms with van der Waals surface area (Å²) in [6, 6.07) is 0.114. The molecule has 2 unspecified atom stereocenters. The monoisotopic (exact) mass is 173 g/mol. The number of nitrogens with one attached hydrogen (secondary N) is 1. The van der Waals surface area contributed by atoms with Crippen molar-refractivity contribution in [3.63, 3.8) is 0 Å². The molecule has 0 radical (unpaired) electrons. The van der Waals surface area contributed by atoms with Crippen molar-refractivity contribution >= 4 is 0 Å². The molecule has 12 heavy (non-hydrogen) atoms. The summed E-state index contributed by atoms with van der Waals surface area (Å²) >= 11 is 0. The molecule has 2 heteroatoms. The summed E-state index contributed by atoms with van der Waals surface area (Å²) < 4.78 is 13.4. The second-order valence-corrected chi connectivity index (χ2v) is 3.76. The Morgan fingerprint density at radius 3 is 2.25 bits per heavy atom. The molecule has 0 saturated heterocycles. The third kappa shape index (κ3) is 3.10. The topological polar surface area (TPSA) is 12.0 Å². The number of alkyl halides is 1. The highest BCUT2D eigenvalue weighted by Crippen LogP contribution is 2.19. The Labute approximate surface area is 74.7 Å². The van der Waals surface area contributed by atoms with Gasteiger partial charge in [-0.15, -0.1) is 0 Å². The number of hydrogen-bond donors (Lipinski definition) is 1. The highest BCUT2D eigenvalue weighted by molar-refractivity contribution is 4.75. The second kappa shape index (κ2) is 5.52. The van der Waals surface area contributed by atoms with Crippen LogP contribution in [-0.4, -0.2) is 19.3 Å². The predicted octanol–water partition coefficient (Wildman–Crippen LogP) is 2.66. The standard InChI is InChI=1S/C10H20FN/c1-12-10-8-6-4-2-3-5-7-9(10)11/h9-10,12H,2-8H2,1H3. The fourth-order valence-electron chi connectivity index (χ4n) is 1.94. The van der Waals surface area contributed by atoms with E-state index in [4.69, 9.17) is 0 Å². The minimum atomic E-state index is -0.618. The van der Waals surface area contributed by atoms with Crippen LogP contribution in [0.5, 0.6) is 0 Å². The smallest absolute Gasteiger partial charge is 0.115 e. The third-order valence-electron chi connectivity index (χ3n) is 2.80. The third-order valence-corrected chi connectivity index (χ3v) is 2.80. The van der Waals surface area contributed by atoms with E-state index < -0.39 is 6.17 Å². The summed E-state index contributed by atoms with van der Waals surface area (Å²) in [5.41, 5.74) is 0. The van der Waals surface area contributed by atoms with Crippen molar-refractivity contribution < 1.29 is 4.39 Å². The Hall–Kier alpha value is -0.110. The van der Waals surface area contributed by atoms with Gasteiger partial charge in [0.15, 0.2) is 0 Å². The molecule has 0 aromatic heterocycles. The van der Waals surface area contributed by atoms with Crippen LogP contribution in [0.4, 0.5) is 4.39 Å². The van der Waals surface area contributed by atoms with E-state index in [0.717, 1.165) is 19.3 Å². The molecule has 0 aromatic carbocycles. The summed E-state index contributed by atoms with van der Waals surface area (Å²) in [5.74, 6) is 0. The fourth-order valence-corrected chi connectivity index (χ4v) is 1.94. The SMILES string of the molecule is CNC1CCCCCCCC1F. The average Bonchev–Trinajstić information content (AvgIpc) is 2.17. The number of halogens is 1. The lowest BCUT2D eigenvalue weighted by Crippen LogP contribution is -2.34. The van der Waals surface area contributed by atoms with E-state index >= 15 is 0 Å². The molecular weight excluding hydrogens is 153 g/mol. The van der Waals surface area contributed by atoms with Gasteiger partial charge in [0, 0.05) is 6.04 Å². The summed E-state index contributed by atoms with van der Waals surface area (Å²) in [6.45, 7) is 0. The highest BCUT2D eigenvalue weighted by atomic mass is 19.1. The van der Waals surface area contributed by atoms with Gasteiger partial charge in [0.05, 0.1) is 0 Å². The molecule has 0 heterocycles. The first kappa shape index (κ1) is 9.97. The van der Waals surface area contributed by atoms with Crippen LogP contribution < -0.4 is 5.32 Å². The van der Waals surface area contributed by atoms with Gasteiger partial charge in [-0.2, -0.15) is 0 Å². The second-order valence-electron chi connectivity index (χ2n) is 3.76. The van der Waals surface area contributed by atoms with Gasteiger partial charge < -0.3 is 5.32 Å². The minimum absolute atomic E-state index is 0.114. The maximum absolute atomic E-state index is 13.4. The largest absolute Gasteiger partial charge is 0.314 e. The van der Waals surface area contributed by atoms with Gasteiger partial charge in [-0.1, -0.05) is 32.1 Å². The van der Waals surface area contributed by atoms with Crippen LogP contribution in [-0.2, 0) is 0 Å². The number of rotatable bonds is 1. The van der Waals surface area contributed by atoms with E-state index in [1.807, 2.05) is 7.05 Å². The van der Waals surface area contributed by atoms with Crippen molar-refractivity contribution in [1.29, 1.82) is 0 Å². The molecule has 2 atom stereocenters. The van der Waals surface area contributed by atoms with E-state index in [0.29, 0.717) is 0 Å². The Bertz CT molecular complexity index is 116. The van der Waals surface area contributed by atoms with Crippen LogP contribution in [0.1, 0.15) is 44.9 Å². The Morgan fingerprint density at radius 2 is 1.58 bits per heavy atom. The molecule has 1 fully saturated rings. The lowest BCUT2D eigenvalue weighted by atomic mass is 10.0. The van der Waals surface area contributed by atoms with E-state index in [2.05, 4.69) is 5.32 Å². The molecule has 1 aliphatic rings. The first-order valence-electron chi connectivity index (χ1n) is 5.16. The van der Waals surface area contributed by atoms with Gasteiger partial charge in [-0.05, 0) is 19.9 Å². The predicted molar refractivity (Wildman–Crippen MR) is 50.1 cm³/mol. The Balaban J connectivity index is 2.35. The molecule has 0 amide bonds. The summed E-state index contributed by atoms with van der Waals surface area (Å²) in [5, 5.41) is 3.07. The van der Waals surface area contributed by atoms with Crippen molar-refractivity contribution in [3.8, 4) is 0 Å². The van der Waals surface area contributed by atoms with Crippen LogP contribution in [0, 0.1) is 0 Å². The van der Waals surface area contributed by atoms with Gasteiger partial charge in [0.1, 0.15) is 6.17 Å². The molecule has 1 nitrogen and oxygen atoms in total. The maximum atomic E-state index is 13.4. The van der Waals surface area contributed by atoms with Crippen LogP contribution >= 0.6 is 0 Å². The van der Waals surface area contributed by atoms with Crippen molar-refractivity contribution in [2.24, 2.45) is 0 Å².